The van der Waals surface area contributed by atoms with Crippen molar-refractivity contribution in [3.05, 3.63) is 82.7 Å². The fourth-order valence-corrected chi connectivity index (χ4v) is 5.21. The van der Waals surface area contributed by atoms with E-state index in [-0.39, 0.29) is 23.4 Å². The number of aryl methyl sites for hydroxylation is 1. The molecule has 37 heavy (non-hydrogen) atoms. The quantitative estimate of drug-likeness (QED) is 0.337. The summed E-state index contributed by atoms with van der Waals surface area (Å²) in [6.07, 6.45) is 1.37. The third-order valence-electron chi connectivity index (χ3n) is 7.37. The first-order valence-corrected chi connectivity index (χ1v) is 12.0. The van der Waals surface area contributed by atoms with Crippen LogP contribution in [-0.2, 0) is 17.9 Å². The summed E-state index contributed by atoms with van der Waals surface area (Å²) in [5.74, 6) is -3.47. The van der Waals surface area contributed by atoms with Crippen molar-refractivity contribution in [1.82, 2.24) is 15.0 Å². The fourth-order valence-electron chi connectivity index (χ4n) is 5.21. The summed E-state index contributed by atoms with van der Waals surface area (Å²) in [4.78, 5) is 18.0. The molecule has 0 radical (unpaired) electrons. The molecule has 1 N–H and O–H groups in total. The van der Waals surface area contributed by atoms with E-state index < -0.39 is 23.4 Å². The number of aromatic nitrogens is 2. The lowest BCUT2D eigenvalue weighted by Crippen LogP contribution is -2.44. The summed E-state index contributed by atoms with van der Waals surface area (Å²) in [6, 6.07) is 12.7. The first-order valence-electron chi connectivity index (χ1n) is 12.0. The summed E-state index contributed by atoms with van der Waals surface area (Å²) in [5.41, 5.74) is 4.58. The van der Waals surface area contributed by atoms with Crippen LogP contribution >= 0.6 is 0 Å². The monoisotopic (exact) mass is 505 g/mol. The fraction of sp³-hybridized carbons (Fsp3) is 0.250. The lowest BCUT2D eigenvalue weighted by atomic mass is 9.79. The molecule has 4 aromatic rings. The SMILES string of the molecule is Cc1cc(-c2nc(-c3ccc4c(c3)CN(C3CC(C(=O)O)C3)C4)no2)ccc1-c1cc(F)cc(F)c1F. The van der Waals surface area contributed by atoms with Gasteiger partial charge in [-0.1, -0.05) is 23.4 Å². The zero-order chi connectivity index (χ0) is 25.8. The molecule has 9 heteroatoms. The number of nitrogens with zero attached hydrogens (tertiary/aromatic N) is 3. The van der Waals surface area contributed by atoms with Crippen LogP contribution < -0.4 is 0 Å². The molecule has 0 bridgehead atoms. The number of carboxylic acids is 1. The van der Waals surface area contributed by atoms with E-state index in [9.17, 15) is 18.0 Å². The molecule has 1 aliphatic heterocycles. The first kappa shape index (κ1) is 23.4. The predicted molar refractivity (Wildman–Crippen MR) is 129 cm³/mol. The summed E-state index contributed by atoms with van der Waals surface area (Å²) < 4.78 is 47.2. The van der Waals surface area contributed by atoms with Gasteiger partial charge in [-0.15, -0.1) is 0 Å². The van der Waals surface area contributed by atoms with E-state index in [1.807, 2.05) is 18.2 Å². The molecular formula is C28H22F3N3O3. The Morgan fingerprint density at radius 2 is 1.73 bits per heavy atom. The number of carbonyl (C=O) groups is 1. The maximum absolute atomic E-state index is 14.3. The van der Waals surface area contributed by atoms with Crippen LogP contribution in [-0.4, -0.2) is 32.2 Å². The van der Waals surface area contributed by atoms with Gasteiger partial charge >= 0.3 is 5.97 Å². The van der Waals surface area contributed by atoms with Gasteiger partial charge in [0.25, 0.3) is 5.89 Å². The molecular weight excluding hydrogens is 483 g/mol. The number of benzene rings is 3. The van der Waals surface area contributed by atoms with E-state index >= 15 is 0 Å². The van der Waals surface area contributed by atoms with Crippen molar-refractivity contribution in [2.75, 3.05) is 0 Å². The number of halogens is 3. The van der Waals surface area contributed by atoms with Gasteiger partial charge in [-0.05, 0) is 66.3 Å². The van der Waals surface area contributed by atoms with Crippen LogP contribution in [0.15, 0.2) is 53.1 Å². The number of hydrogen-bond acceptors (Lipinski definition) is 5. The van der Waals surface area contributed by atoms with Gasteiger partial charge in [-0.25, -0.2) is 13.2 Å². The minimum Gasteiger partial charge on any atom is -0.481 e. The Labute approximate surface area is 210 Å². The van der Waals surface area contributed by atoms with Crippen molar-refractivity contribution < 1.29 is 27.6 Å². The zero-order valence-electron chi connectivity index (χ0n) is 19.8. The molecule has 2 heterocycles. The topological polar surface area (TPSA) is 79.5 Å². The Bertz CT molecular complexity index is 1550. The first-order chi connectivity index (χ1) is 17.8. The number of hydrogen-bond donors (Lipinski definition) is 1. The summed E-state index contributed by atoms with van der Waals surface area (Å²) >= 11 is 0. The van der Waals surface area contributed by atoms with Crippen LogP contribution in [0.3, 0.4) is 0 Å². The van der Waals surface area contributed by atoms with Gasteiger partial charge in [-0.3, -0.25) is 9.69 Å². The largest absolute Gasteiger partial charge is 0.481 e. The molecule has 1 aromatic heterocycles. The van der Waals surface area contributed by atoms with Crippen molar-refractivity contribution in [3.63, 3.8) is 0 Å². The highest BCUT2D eigenvalue weighted by atomic mass is 19.2. The second-order valence-corrected chi connectivity index (χ2v) is 9.75. The van der Waals surface area contributed by atoms with E-state index in [4.69, 9.17) is 9.63 Å². The van der Waals surface area contributed by atoms with Crippen molar-refractivity contribution in [1.29, 1.82) is 0 Å². The normalized spacial score (nSPS) is 19.0. The second-order valence-electron chi connectivity index (χ2n) is 9.75. The maximum Gasteiger partial charge on any atom is 0.306 e. The molecule has 1 fully saturated rings. The van der Waals surface area contributed by atoms with Gasteiger partial charge in [0.1, 0.15) is 5.82 Å². The van der Waals surface area contributed by atoms with Crippen LogP contribution in [0.25, 0.3) is 34.0 Å². The van der Waals surface area contributed by atoms with Gasteiger partial charge in [0.2, 0.25) is 5.82 Å². The molecule has 3 aromatic carbocycles. The van der Waals surface area contributed by atoms with Gasteiger partial charge < -0.3 is 9.63 Å². The molecule has 188 valence electrons. The Morgan fingerprint density at radius 3 is 2.49 bits per heavy atom. The lowest BCUT2D eigenvalue weighted by Gasteiger charge is -2.39. The summed E-state index contributed by atoms with van der Waals surface area (Å²) in [5, 5.41) is 13.3. The van der Waals surface area contributed by atoms with E-state index in [0.29, 0.717) is 41.4 Å². The van der Waals surface area contributed by atoms with Crippen molar-refractivity contribution >= 4 is 5.97 Å². The minimum atomic E-state index is -1.24. The van der Waals surface area contributed by atoms with Crippen LogP contribution in [0, 0.1) is 30.3 Å². The van der Waals surface area contributed by atoms with Gasteiger partial charge in [-0.2, -0.15) is 4.98 Å². The molecule has 0 spiro atoms. The molecule has 2 aliphatic rings. The molecule has 1 saturated carbocycles. The highest BCUT2D eigenvalue weighted by Gasteiger charge is 2.39. The third kappa shape index (κ3) is 4.19. The smallest absolute Gasteiger partial charge is 0.306 e. The molecule has 0 unspecified atom stereocenters. The Kier molecular flexibility index (Phi) is 5.60. The van der Waals surface area contributed by atoms with Crippen molar-refractivity contribution in [2.45, 2.75) is 38.9 Å². The molecule has 0 saturated heterocycles. The highest BCUT2D eigenvalue weighted by molar-refractivity contribution is 5.72. The van der Waals surface area contributed by atoms with Gasteiger partial charge in [0.15, 0.2) is 11.6 Å². The lowest BCUT2D eigenvalue weighted by molar-refractivity contribution is -0.147. The second kappa shape index (κ2) is 8.85. The number of aliphatic carboxylic acids is 1. The van der Waals surface area contributed by atoms with Crippen LogP contribution in [0.5, 0.6) is 0 Å². The third-order valence-corrected chi connectivity index (χ3v) is 7.37. The van der Waals surface area contributed by atoms with Crippen LogP contribution in [0.2, 0.25) is 0 Å². The predicted octanol–water partition coefficient (Wildman–Crippen LogP) is 5.98. The maximum atomic E-state index is 14.3. The summed E-state index contributed by atoms with van der Waals surface area (Å²) in [7, 11) is 0. The molecule has 0 amide bonds. The molecule has 1 aliphatic carbocycles. The zero-order valence-corrected chi connectivity index (χ0v) is 19.8. The summed E-state index contributed by atoms with van der Waals surface area (Å²) in [6.45, 7) is 3.26. The van der Waals surface area contributed by atoms with E-state index in [0.717, 1.165) is 30.3 Å². The van der Waals surface area contributed by atoms with Crippen molar-refractivity contribution in [3.8, 4) is 34.0 Å². The van der Waals surface area contributed by atoms with E-state index in [1.54, 1.807) is 25.1 Å². The highest BCUT2D eigenvalue weighted by Crippen LogP contribution is 2.38. The molecule has 6 rings (SSSR count). The van der Waals surface area contributed by atoms with Gasteiger partial charge in [0, 0.05) is 41.9 Å². The molecule has 6 nitrogen and oxygen atoms in total. The van der Waals surface area contributed by atoms with Crippen LogP contribution in [0.4, 0.5) is 13.2 Å². The minimum absolute atomic E-state index is 0.152. The Morgan fingerprint density at radius 1 is 0.973 bits per heavy atom. The average Bonchev–Trinajstić information content (AvgIpc) is 3.47. The number of rotatable bonds is 5. The Balaban J connectivity index is 1.21. The van der Waals surface area contributed by atoms with Crippen LogP contribution in [0.1, 0.15) is 29.5 Å². The van der Waals surface area contributed by atoms with E-state index in [2.05, 4.69) is 15.0 Å². The number of fused-ring (bicyclic) bond motifs is 1. The van der Waals surface area contributed by atoms with Gasteiger partial charge in [0.05, 0.1) is 5.92 Å². The standard InChI is InChI=1S/C28H22F3N3O3/c1-14-6-16(4-5-22(14)23-10-20(29)11-24(30)25(23)31)27-32-26(33-37-27)15-2-3-17-12-34(13-19(17)7-15)21-8-18(9-21)28(35)36/h2-7,10-11,18,21H,8-9,12-13H2,1H3,(H,35,36). The Hall–Kier alpha value is -3.98. The van der Waals surface area contributed by atoms with E-state index in [1.165, 1.54) is 5.56 Å². The average molecular weight is 505 g/mol. The molecule has 0 atom stereocenters. The number of carboxylic acid groups (broad SMARTS) is 1. The van der Waals surface area contributed by atoms with Crippen molar-refractivity contribution in [2.24, 2.45) is 5.92 Å².